The zero-order valence-corrected chi connectivity index (χ0v) is 8.65. The molecule has 4 nitrogen and oxygen atoms in total. The van der Waals surface area contributed by atoms with E-state index in [0.717, 1.165) is 11.3 Å². The number of oxazole rings is 1. The molecule has 0 radical (unpaired) electrons. The standard InChI is InChI=1S/C11H12N2O2/c1-12-11-13-7-10(15-11)8-5-3-4-6-9(8)14-2/h3-7H,1-2H3,(H,12,13). The number of benzene rings is 1. The van der Waals surface area contributed by atoms with E-state index in [2.05, 4.69) is 10.3 Å². The highest BCUT2D eigenvalue weighted by atomic mass is 16.5. The summed E-state index contributed by atoms with van der Waals surface area (Å²) in [6.45, 7) is 0. The van der Waals surface area contributed by atoms with Crippen molar-refractivity contribution in [2.24, 2.45) is 0 Å². The van der Waals surface area contributed by atoms with E-state index in [9.17, 15) is 0 Å². The minimum Gasteiger partial charge on any atom is -0.496 e. The van der Waals surface area contributed by atoms with Gasteiger partial charge in [-0.2, -0.15) is 0 Å². The van der Waals surface area contributed by atoms with Crippen LogP contribution in [0.15, 0.2) is 34.9 Å². The average molecular weight is 204 g/mol. The van der Waals surface area contributed by atoms with Crippen LogP contribution in [0.1, 0.15) is 0 Å². The van der Waals surface area contributed by atoms with Crippen LogP contribution < -0.4 is 10.1 Å². The molecule has 0 unspecified atom stereocenters. The predicted molar refractivity (Wildman–Crippen MR) is 58.0 cm³/mol. The summed E-state index contributed by atoms with van der Waals surface area (Å²) >= 11 is 0. The lowest BCUT2D eigenvalue weighted by Gasteiger charge is -2.04. The van der Waals surface area contributed by atoms with Gasteiger partial charge in [-0.15, -0.1) is 0 Å². The van der Waals surface area contributed by atoms with Crippen molar-refractivity contribution in [3.05, 3.63) is 30.5 Å². The Morgan fingerprint density at radius 2 is 2.13 bits per heavy atom. The summed E-state index contributed by atoms with van der Waals surface area (Å²) in [6, 6.07) is 8.16. The van der Waals surface area contributed by atoms with Crippen LogP contribution >= 0.6 is 0 Å². The van der Waals surface area contributed by atoms with Crippen molar-refractivity contribution in [3.8, 4) is 17.1 Å². The molecule has 0 aliphatic carbocycles. The zero-order valence-electron chi connectivity index (χ0n) is 8.65. The van der Waals surface area contributed by atoms with Gasteiger partial charge in [0.2, 0.25) is 0 Å². The van der Waals surface area contributed by atoms with Gasteiger partial charge >= 0.3 is 0 Å². The highest BCUT2D eigenvalue weighted by Crippen LogP contribution is 2.30. The van der Waals surface area contributed by atoms with Crippen LogP contribution in [0.4, 0.5) is 6.01 Å². The van der Waals surface area contributed by atoms with Crippen molar-refractivity contribution < 1.29 is 9.15 Å². The van der Waals surface area contributed by atoms with E-state index in [1.54, 1.807) is 20.4 Å². The summed E-state index contributed by atoms with van der Waals surface area (Å²) < 4.78 is 10.7. The maximum Gasteiger partial charge on any atom is 0.294 e. The molecule has 15 heavy (non-hydrogen) atoms. The van der Waals surface area contributed by atoms with Crippen LogP contribution in [0, 0.1) is 0 Å². The Labute approximate surface area is 87.9 Å². The molecule has 0 atom stereocenters. The Morgan fingerprint density at radius 3 is 2.80 bits per heavy atom. The molecule has 1 heterocycles. The molecule has 0 bridgehead atoms. The highest BCUT2D eigenvalue weighted by Gasteiger charge is 2.09. The van der Waals surface area contributed by atoms with Crippen molar-refractivity contribution in [3.63, 3.8) is 0 Å². The molecule has 2 rings (SSSR count). The number of nitrogens with one attached hydrogen (secondary N) is 1. The first-order valence-corrected chi connectivity index (χ1v) is 4.62. The molecule has 0 aliphatic heterocycles. The second kappa shape index (κ2) is 4.04. The van der Waals surface area contributed by atoms with E-state index in [0.29, 0.717) is 11.8 Å². The maximum absolute atomic E-state index is 5.46. The largest absolute Gasteiger partial charge is 0.496 e. The number of nitrogens with zero attached hydrogens (tertiary/aromatic N) is 1. The first kappa shape index (κ1) is 9.58. The van der Waals surface area contributed by atoms with Gasteiger partial charge in [0.05, 0.1) is 18.9 Å². The molecule has 4 heteroatoms. The van der Waals surface area contributed by atoms with Crippen molar-refractivity contribution >= 4 is 6.01 Å². The number of rotatable bonds is 3. The van der Waals surface area contributed by atoms with Gasteiger partial charge in [0.15, 0.2) is 5.76 Å². The lowest BCUT2D eigenvalue weighted by atomic mass is 10.1. The fourth-order valence-electron chi connectivity index (χ4n) is 1.36. The fourth-order valence-corrected chi connectivity index (χ4v) is 1.36. The SMILES string of the molecule is CNc1ncc(-c2ccccc2OC)o1. The average Bonchev–Trinajstić information content (AvgIpc) is 2.77. The molecule has 78 valence electrons. The number of anilines is 1. The molecule has 0 saturated heterocycles. The van der Waals surface area contributed by atoms with Crippen molar-refractivity contribution in [2.75, 3.05) is 19.5 Å². The van der Waals surface area contributed by atoms with Gasteiger partial charge < -0.3 is 14.5 Å². The molecular weight excluding hydrogens is 192 g/mol. The summed E-state index contributed by atoms with van der Waals surface area (Å²) in [7, 11) is 3.39. The van der Waals surface area contributed by atoms with Gasteiger partial charge in [0.1, 0.15) is 5.75 Å². The van der Waals surface area contributed by atoms with E-state index in [-0.39, 0.29) is 0 Å². The highest BCUT2D eigenvalue weighted by molar-refractivity contribution is 5.65. The third-order valence-corrected chi connectivity index (χ3v) is 2.09. The van der Waals surface area contributed by atoms with Crippen LogP contribution in [-0.4, -0.2) is 19.1 Å². The third kappa shape index (κ3) is 1.79. The quantitative estimate of drug-likeness (QED) is 0.833. The van der Waals surface area contributed by atoms with E-state index >= 15 is 0 Å². The second-order valence-corrected chi connectivity index (χ2v) is 2.98. The molecule has 0 fully saturated rings. The molecule has 0 spiro atoms. The van der Waals surface area contributed by atoms with Gasteiger partial charge in [-0.05, 0) is 12.1 Å². The number of para-hydroxylation sites is 1. The van der Waals surface area contributed by atoms with E-state index in [1.165, 1.54) is 0 Å². The van der Waals surface area contributed by atoms with Gasteiger partial charge in [-0.25, -0.2) is 4.98 Å². The van der Waals surface area contributed by atoms with Gasteiger partial charge in [-0.1, -0.05) is 12.1 Å². The number of hydrogen-bond donors (Lipinski definition) is 1. The third-order valence-electron chi connectivity index (χ3n) is 2.09. The number of hydrogen-bond acceptors (Lipinski definition) is 4. The van der Waals surface area contributed by atoms with Crippen LogP contribution in [0.25, 0.3) is 11.3 Å². The Bertz CT molecular complexity index is 451. The summed E-state index contributed by atoms with van der Waals surface area (Å²) in [4.78, 5) is 4.05. The molecule has 0 aliphatic rings. The lowest BCUT2D eigenvalue weighted by molar-refractivity contribution is 0.415. The Kier molecular flexibility index (Phi) is 2.58. The van der Waals surface area contributed by atoms with E-state index in [4.69, 9.17) is 9.15 Å². The van der Waals surface area contributed by atoms with Gasteiger partial charge in [-0.3, -0.25) is 0 Å². The number of aromatic nitrogens is 1. The molecule has 0 amide bonds. The Hall–Kier alpha value is -1.97. The molecule has 1 aromatic heterocycles. The molecular formula is C11H12N2O2. The van der Waals surface area contributed by atoms with Crippen LogP contribution in [0.2, 0.25) is 0 Å². The van der Waals surface area contributed by atoms with Crippen LogP contribution in [0.5, 0.6) is 5.75 Å². The van der Waals surface area contributed by atoms with E-state index in [1.807, 2.05) is 24.3 Å². The minimum atomic E-state index is 0.496. The summed E-state index contributed by atoms with van der Waals surface area (Å²) in [5.74, 6) is 1.47. The lowest BCUT2D eigenvalue weighted by Crippen LogP contribution is -1.86. The van der Waals surface area contributed by atoms with Crippen molar-refractivity contribution in [2.45, 2.75) is 0 Å². The fraction of sp³-hybridized carbons (Fsp3) is 0.182. The first-order chi connectivity index (χ1) is 7.35. The molecule has 1 aromatic carbocycles. The normalized spacial score (nSPS) is 10.0. The monoisotopic (exact) mass is 204 g/mol. The molecule has 1 N–H and O–H groups in total. The summed E-state index contributed by atoms with van der Waals surface area (Å²) in [5, 5.41) is 2.84. The first-order valence-electron chi connectivity index (χ1n) is 4.62. The summed E-state index contributed by atoms with van der Waals surface area (Å²) in [6.07, 6.45) is 1.67. The Balaban J connectivity index is 2.44. The predicted octanol–water partition coefficient (Wildman–Crippen LogP) is 2.39. The summed E-state index contributed by atoms with van der Waals surface area (Å²) in [5.41, 5.74) is 0.897. The van der Waals surface area contributed by atoms with Crippen LogP contribution in [-0.2, 0) is 0 Å². The minimum absolute atomic E-state index is 0.496. The smallest absolute Gasteiger partial charge is 0.294 e. The van der Waals surface area contributed by atoms with Gasteiger partial charge in [0, 0.05) is 7.05 Å². The number of methoxy groups -OCH3 is 1. The van der Waals surface area contributed by atoms with Gasteiger partial charge in [0.25, 0.3) is 6.01 Å². The topological polar surface area (TPSA) is 47.3 Å². The molecule has 2 aromatic rings. The van der Waals surface area contributed by atoms with Crippen molar-refractivity contribution in [1.82, 2.24) is 4.98 Å². The Morgan fingerprint density at radius 1 is 1.33 bits per heavy atom. The molecule has 0 saturated carbocycles. The second-order valence-electron chi connectivity index (χ2n) is 2.98. The number of ether oxygens (including phenoxy) is 1. The maximum atomic E-state index is 5.46. The van der Waals surface area contributed by atoms with E-state index < -0.39 is 0 Å². The zero-order chi connectivity index (χ0) is 10.7. The van der Waals surface area contributed by atoms with Crippen molar-refractivity contribution in [1.29, 1.82) is 0 Å². The van der Waals surface area contributed by atoms with Crippen LogP contribution in [0.3, 0.4) is 0 Å².